The van der Waals surface area contributed by atoms with Crippen LogP contribution in [0.4, 0.5) is 0 Å². The van der Waals surface area contributed by atoms with Crippen LogP contribution in [0.2, 0.25) is 0 Å². The highest BCUT2D eigenvalue weighted by molar-refractivity contribution is 5.82. The van der Waals surface area contributed by atoms with E-state index in [0.717, 1.165) is 44.8 Å². The lowest BCUT2D eigenvalue weighted by atomic mass is 9.95. The van der Waals surface area contributed by atoms with E-state index >= 15 is 0 Å². The van der Waals surface area contributed by atoms with E-state index in [-0.39, 0.29) is 17.4 Å². The van der Waals surface area contributed by atoms with E-state index in [1.807, 2.05) is 0 Å². The number of nitrogens with one attached hydrogen (secondary N) is 2. The Hall–Kier alpha value is -1.39. The highest BCUT2D eigenvalue weighted by Gasteiger charge is 2.43. The summed E-state index contributed by atoms with van der Waals surface area (Å²) >= 11 is 0. The molecule has 4 nitrogen and oxygen atoms in total. The van der Waals surface area contributed by atoms with E-state index < -0.39 is 0 Å². The van der Waals surface area contributed by atoms with Gasteiger partial charge in [-0.2, -0.15) is 0 Å². The number of amides is 1. The second kappa shape index (κ2) is 9.41. The van der Waals surface area contributed by atoms with Crippen LogP contribution in [0.5, 0.6) is 0 Å². The summed E-state index contributed by atoms with van der Waals surface area (Å²) in [5.41, 5.74) is 1.58. The average molecular weight is 386 g/mol. The molecule has 3 unspecified atom stereocenters. The summed E-state index contributed by atoms with van der Waals surface area (Å²) in [7, 11) is 0. The van der Waals surface area contributed by atoms with Crippen molar-refractivity contribution in [3.05, 3.63) is 35.9 Å². The number of nitrogens with zero attached hydrogens (tertiary/aromatic N) is 1. The average Bonchev–Trinajstić information content (AvgIpc) is 3.20. The second-order valence-electron chi connectivity index (χ2n) is 10.1. The number of benzene rings is 1. The summed E-state index contributed by atoms with van der Waals surface area (Å²) in [6.45, 7) is 13.0. The molecule has 1 amide bonds. The third-order valence-electron chi connectivity index (χ3n) is 6.28. The lowest BCUT2D eigenvalue weighted by molar-refractivity contribution is -0.124. The van der Waals surface area contributed by atoms with Gasteiger partial charge in [-0.25, -0.2) is 0 Å². The van der Waals surface area contributed by atoms with E-state index in [1.54, 1.807) is 0 Å². The maximum Gasteiger partial charge on any atom is 0.237 e. The first-order valence-electron chi connectivity index (χ1n) is 11.2. The molecule has 0 spiro atoms. The van der Waals surface area contributed by atoms with Gasteiger partial charge in [-0.15, -0.1) is 0 Å². The second-order valence-corrected chi connectivity index (χ2v) is 10.1. The third-order valence-corrected chi connectivity index (χ3v) is 6.28. The van der Waals surface area contributed by atoms with Crippen LogP contribution in [0.3, 0.4) is 0 Å². The van der Waals surface area contributed by atoms with Crippen LogP contribution in [0.1, 0.15) is 58.9 Å². The van der Waals surface area contributed by atoms with E-state index in [2.05, 4.69) is 73.6 Å². The normalized spacial score (nSPS) is 26.2. The molecular formula is C24H39N3O. The lowest BCUT2D eigenvalue weighted by Crippen LogP contribution is -2.50. The van der Waals surface area contributed by atoms with Crippen molar-refractivity contribution in [2.24, 2.45) is 17.3 Å². The highest BCUT2D eigenvalue weighted by Crippen LogP contribution is 2.38. The minimum absolute atomic E-state index is 0.0647. The van der Waals surface area contributed by atoms with Gasteiger partial charge in [-0.3, -0.25) is 9.69 Å². The Kier molecular flexibility index (Phi) is 7.16. The molecule has 1 saturated carbocycles. The predicted molar refractivity (Wildman–Crippen MR) is 116 cm³/mol. The highest BCUT2D eigenvalue weighted by atomic mass is 16.2. The van der Waals surface area contributed by atoms with Crippen LogP contribution in [0.15, 0.2) is 30.3 Å². The first-order chi connectivity index (χ1) is 13.4. The minimum atomic E-state index is -0.0647. The van der Waals surface area contributed by atoms with Crippen molar-refractivity contribution in [2.75, 3.05) is 19.6 Å². The molecule has 2 fully saturated rings. The fourth-order valence-corrected chi connectivity index (χ4v) is 4.83. The lowest BCUT2D eigenvalue weighted by Gasteiger charge is -2.27. The van der Waals surface area contributed by atoms with Gasteiger partial charge in [0, 0.05) is 32.2 Å². The molecule has 1 aromatic rings. The van der Waals surface area contributed by atoms with Crippen LogP contribution in [0, 0.1) is 17.3 Å². The fraction of sp³-hybridized carbons (Fsp3) is 0.708. The number of carbonyl (C=O) groups excluding carboxylic acids is 1. The van der Waals surface area contributed by atoms with Gasteiger partial charge in [0.1, 0.15) is 0 Å². The maximum atomic E-state index is 13.0. The topological polar surface area (TPSA) is 44.4 Å². The molecule has 1 heterocycles. The van der Waals surface area contributed by atoms with Crippen LogP contribution in [0.25, 0.3) is 0 Å². The number of carbonyl (C=O) groups is 1. The van der Waals surface area contributed by atoms with Gasteiger partial charge in [0.25, 0.3) is 0 Å². The molecular weight excluding hydrogens is 346 g/mol. The first kappa shape index (κ1) is 21.3. The quantitative estimate of drug-likeness (QED) is 0.715. The zero-order chi connectivity index (χ0) is 20.1. The molecule has 2 aliphatic rings. The molecule has 1 aromatic carbocycles. The molecule has 156 valence electrons. The minimum Gasteiger partial charge on any atom is -0.352 e. The smallest absolute Gasteiger partial charge is 0.237 e. The monoisotopic (exact) mass is 385 g/mol. The van der Waals surface area contributed by atoms with Crippen LogP contribution < -0.4 is 10.6 Å². The number of hydrogen-bond donors (Lipinski definition) is 2. The van der Waals surface area contributed by atoms with Crippen LogP contribution in [-0.4, -0.2) is 42.5 Å². The number of hydrogen-bond acceptors (Lipinski definition) is 3. The first-order valence-corrected chi connectivity index (χ1v) is 11.2. The van der Waals surface area contributed by atoms with Gasteiger partial charge in [0.2, 0.25) is 5.91 Å². The molecule has 0 radical (unpaired) electrons. The molecule has 4 heteroatoms. The molecule has 1 aliphatic heterocycles. The molecule has 0 bridgehead atoms. The molecule has 3 rings (SSSR count). The van der Waals surface area contributed by atoms with Crippen LogP contribution >= 0.6 is 0 Å². The number of likely N-dealkylation sites (tertiary alicyclic amines) is 1. The zero-order valence-electron chi connectivity index (χ0n) is 18.2. The van der Waals surface area contributed by atoms with Crippen LogP contribution in [-0.2, 0) is 11.3 Å². The van der Waals surface area contributed by atoms with Crippen molar-refractivity contribution in [1.82, 2.24) is 15.5 Å². The summed E-state index contributed by atoms with van der Waals surface area (Å²) in [6.07, 6.45) is 4.31. The number of rotatable bonds is 8. The van der Waals surface area contributed by atoms with Crippen molar-refractivity contribution >= 4 is 5.91 Å². The Bertz CT molecular complexity index is 624. The van der Waals surface area contributed by atoms with Crippen molar-refractivity contribution < 1.29 is 4.79 Å². The van der Waals surface area contributed by atoms with E-state index in [9.17, 15) is 4.79 Å². The van der Waals surface area contributed by atoms with Crippen molar-refractivity contribution in [1.29, 1.82) is 0 Å². The summed E-state index contributed by atoms with van der Waals surface area (Å²) in [4.78, 5) is 15.6. The van der Waals surface area contributed by atoms with Crippen molar-refractivity contribution in [3.63, 3.8) is 0 Å². The van der Waals surface area contributed by atoms with Gasteiger partial charge in [0.05, 0.1) is 6.04 Å². The van der Waals surface area contributed by atoms with Gasteiger partial charge in [-0.05, 0) is 42.1 Å². The Labute approximate surface area is 171 Å². The van der Waals surface area contributed by atoms with Gasteiger partial charge in [0.15, 0.2) is 0 Å². The summed E-state index contributed by atoms with van der Waals surface area (Å²) < 4.78 is 0. The fourth-order valence-electron chi connectivity index (χ4n) is 4.83. The molecule has 0 aromatic heterocycles. The van der Waals surface area contributed by atoms with E-state index in [4.69, 9.17) is 0 Å². The molecule has 1 aliphatic carbocycles. The molecule has 4 atom stereocenters. The Morgan fingerprint density at radius 3 is 2.61 bits per heavy atom. The Morgan fingerprint density at radius 1 is 1.18 bits per heavy atom. The summed E-state index contributed by atoms with van der Waals surface area (Å²) in [5.74, 6) is 1.55. The summed E-state index contributed by atoms with van der Waals surface area (Å²) in [6, 6.07) is 11.0. The van der Waals surface area contributed by atoms with Gasteiger partial charge < -0.3 is 10.6 Å². The SMILES string of the molecule is CCCC(NCC(C)(C)C)C(=O)NC1CC[C@H]2CN(Cc3ccccc3)CC12. The predicted octanol–water partition coefficient (Wildman–Crippen LogP) is 3.82. The maximum absolute atomic E-state index is 13.0. The van der Waals surface area contributed by atoms with Gasteiger partial charge >= 0.3 is 0 Å². The third kappa shape index (κ3) is 5.81. The largest absolute Gasteiger partial charge is 0.352 e. The van der Waals surface area contributed by atoms with E-state index in [1.165, 1.54) is 18.5 Å². The Balaban J connectivity index is 1.53. The van der Waals surface area contributed by atoms with Gasteiger partial charge in [-0.1, -0.05) is 64.4 Å². The zero-order valence-corrected chi connectivity index (χ0v) is 18.2. The number of fused-ring (bicyclic) bond motifs is 1. The van der Waals surface area contributed by atoms with Crippen molar-refractivity contribution in [3.8, 4) is 0 Å². The van der Waals surface area contributed by atoms with Crippen molar-refractivity contribution in [2.45, 2.75) is 72.0 Å². The molecule has 2 N–H and O–H groups in total. The summed E-state index contributed by atoms with van der Waals surface area (Å²) in [5, 5.41) is 6.94. The molecule has 1 saturated heterocycles. The molecule has 28 heavy (non-hydrogen) atoms. The Morgan fingerprint density at radius 2 is 1.93 bits per heavy atom. The van der Waals surface area contributed by atoms with E-state index in [0.29, 0.717) is 12.0 Å². The standard InChI is InChI=1S/C24H39N3O/c1-5-9-22(25-17-24(2,3)4)23(28)26-21-13-12-19-15-27(16-20(19)21)14-18-10-7-6-8-11-18/h6-8,10-11,19-22,25H,5,9,12-17H2,1-4H3,(H,26,28)/t19-,20?,21?,22?/m0/s1.